The lowest BCUT2D eigenvalue weighted by Crippen LogP contribution is -2.26. The van der Waals surface area contributed by atoms with Gasteiger partial charge in [0.1, 0.15) is 5.78 Å². The Labute approximate surface area is 103 Å². The van der Waals surface area contributed by atoms with Crippen LogP contribution in [-0.2, 0) is 11.2 Å². The van der Waals surface area contributed by atoms with Gasteiger partial charge < -0.3 is 5.73 Å². The molecule has 0 spiro atoms. The van der Waals surface area contributed by atoms with Crippen LogP contribution in [0.3, 0.4) is 0 Å². The highest BCUT2D eigenvalue weighted by atomic mass is 16.1. The van der Waals surface area contributed by atoms with Crippen LogP contribution in [0.2, 0.25) is 0 Å². The largest absolute Gasteiger partial charge is 0.330 e. The summed E-state index contributed by atoms with van der Waals surface area (Å²) >= 11 is 0. The number of hydrogen-bond donors (Lipinski definition) is 1. The molecular formula is C15H21NO. The van der Waals surface area contributed by atoms with E-state index in [1.165, 1.54) is 5.56 Å². The molecule has 0 amide bonds. The van der Waals surface area contributed by atoms with Crippen molar-refractivity contribution in [1.29, 1.82) is 0 Å². The molecule has 1 aromatic rings. The van der Waals surface area contributed by atoms with Gasteiger partial charge in [0.05, 0.1) is 0 Å². The number of carbonyl (C=O) groups excluding carboxylic acids is 1. The molecule has 0 bridgehead atoms. The van der Waals surface area contributed by atoms with Crippen molar-refractivity contribution in [3.8, 4) is 0 Å². The molecule has 0 aliphatic heterocycles. The number of Topliss-reactive ketones (excluding diaryl/α,β-unsaturated/α-hetero) is 1. The molecule has 1 fully saturated rings. The summed E-state index contributed by atoms with van der Waals surface area (Å²) in [5.41, 5.74) is 8.09. The monoisotopic (exact) mass is 231 g/mol. The molecule has 1 aliphatic carbocycles. The summed E-state index contributed by atoms with van der Waals surface area (Å²) in [6.45, 7) is 2.72. The van der Waals surface area contributed by atoms with E-state index >= 15 is 0 Å². The first-order valence-corrected chi connectivity index (χ1v) is 6.49. The Hall–Kier alpha value is -1.15. The molecule has 0 saturated heterocycles. The second kappa shape index (κ2) is 5.46. The van der Waals surface area contributed by atoms with Gasteiger partial charge >= 0.3 is 0 Å². The van der Waals surface area contributed by atoms with Crippen LogP contribution in [0.4, 0.5) is 0 Å². The minimum atomic E-state index is 0.210. The van der Waals surface area contributed by atoms with E-state index in [-0.39, 0.29) is 5.92 Å². The van der Waals surface area contributed by atoms with Crippen molar-refractivity contribution in [2.75, 3.05) is 6.54 Å². The summed E-state index contributed by atoms with van der Waals surface area (Å²) in [5.74, 6) is 1.01. The Kier molecular flexibility index (Phi) is 3.95. The summed E-state index contributed by atoms with van der Waals surface area (Å²) in [4.78, 5) is 12.2. The highest BCUT2D eigenvalue weighted by Gasteiger charge is 2.31. The van der Waals surface area contributed by atoms with Crippen molar-refractivity contribution in [2.45, 2.75) is 32.6 Å². The molecule has 1 aliphatic rings. The Morgan fingerprint density at radius 2 is 2.00 bits per heavy atom. The predicted octanol–water partition coefficient (Wildman–Crippen LogP) is 2.48. The van der Waals surface area contributed by atoms with Crippen LogP contribution in [0.15, 0.2) is 24.3 Å². The Morgan fingerprint density at radius 1 is 1.29 bits per heavy atom. The van der Waals surface area contributed by atoms with Gasteiger partial charge in [0, 0.05) is 12.3 Å². The van der Waals surface area contributed by atoms with Gasteiger partial charge in [-0.2, -0.15) is 0 Å². The summed E-state index contributed by atoms with van der Waals surface area (Å²) in [6, 6.07) is 8.24. The predicted molar refractivity (Wildman–Crippen MR) is 69.8 cm³/mol. The first-order valence-electron chi connectivity index (χ1n) is 6.49. The average Bonchev–Trinajstić information content (AvgIpc) is 2.80. The maximum atomic E-state index is 12.2. The van der Waals surface area contributed by atoms with E-state index in [2.05, 4.69) is 31.2 Å². The molecule has 2 atom stereocenters. The lowest BCUT2D eigenvalue weighted by molar-refractivity contribution is -0.123. The summed E-state index contributed by atoms with van der Waals surface area (Å²) in [7, 11) is 0. The van der Waals surface area contributed by atoms with Gasteiger partial charge in [-0.3, -0.25) is 4.79 Å². The number of rotatable bonds is 4. The molecule has 2 nitrogen and oxygen atoms in total. The van der Waals surface area contributed by atoms with Crippen LogP contribution in [0.1, 0.15) is 30.4 Å². The van der Waals surface area contributed by atoms with Gasteiger partial charge in [0.25, 0.3) is 0 Å². The van der Waals surface area contributed by atoms with Crippen LogP contribution in [-0.4, -0.2) is 12.3 Å². The van der Waals surface area contributed by atoms with Crippen LogP contribution < -0.4 is 5.73 Å². The normalized spacial score (nSPS) is 23.9. The van der Waals surface area contributed by atoms with Crippen LogP contribution in [0.25, 0.3) is 0 Å². The fourth-order valence-corrected chi connectivity index (χ4v) is 2.78. The zero-order valence-corrected chi connectivity index (χ0v) is 10.5. The third-order valence-electron chi connectivity index (χ3n) is 3.87. The Balaban J connectivity index is 1.99. The maximum Gasteiger partial charge on any atom is 0.140 e. The van der Waals surface area contributed by atoms with Crippen LogP contribution in [0.5, 0.6) is 0 Å². The van der Waals surface area contributed by atoms with Crippen molar-refractivity contribution >= 4 is 5.78 Å². The average molecular weight is 231 g/mol. The molecule has 2 N–H and O–H groups in total. The molecule has 1 saturated carbocycles. The van der Waals surface area contributed by atoms with Gasteiger partial charge in [0.2, 0.25) is 0 Å². The van der Waals surface area contributed by atoms with Crippen LogP contribution in [0, 0.1) is 18.8 Å². The zero-order chi connectivity index (χ0) is 12.3. The van der Waals surface area contributed by atoms with Crippen LogP contribution >= 0.6 is 0 Å². The molecule has 2 rings (SSSR count). The van der Waals surface area contributed by atoms with Gasteiger partial charge in [-0.15, -0.1) is 0 Å². The molecule has 17 heavy (non-hydrogen) atoms. The third kappa shape index (κ3) is 2.95. The van der Waals surface area contributed by atoms with E-state index in [1.807, 2.05) is 0 Å². The Morgan fingerprint density at radius 3 is 2.65 bits per heavy atom. The molecule has 0 radical (unpaired) electrons. The number of nitrogens with two attached hydrogens (primary N) is 1. The molecule has 2 unspecified atom stereocenters. The highest BCUT2D eigenvalue weighted by molar-refractivity contribution is 5.83. The second-order valence-corrected chi connectivity index (χ2v) is 5.16. The molecule has 0 heterocycles. The van der Waals surface area contributed by atoms with E-state index in [0.717, 1.165) is 24.8 Å². The van der Waals surface area contributed by atoms with Gasteiger partial charge in [0.15, 0.2) is 0 Å². The minimum Gasteiger partial charge on any atom is -0.330 e. The Bertz CT molecular complexity index is 382. The van der Waals surface area contributed by atoms with Crippen molar-refractivity contribution in [1.82, 2.24) is 0 Å². The highest BCUT2D eigenvalue weighted by Crippen LogP contribution is 2.32. The lowest BCUT2D eigenvalue weighted by Gasteiger charge is -2.16. The van der Waals surface area contributed by atoms with Crippen molar-refractivity contribution in [3.63, 3.8) is 0 Å². The standard InChI is InChI=1S/C15H21NO/c1-11-5-7-12(8-6-11)9-15(17)14-4-2-3-13(14)10-16/h5-8,13-14H,2-4,9-10,16H2,1H3. The second-order valence-electron chi connectivity index (χ2n) is 5.16. The summed E-state index contributed by atoms with van der Waals surface area (Å²) in [5, 5.41) is 0. The number of aryl methyl sites for hydroxylation is 1. The number of benzene rings is 1. The van der Waals surface area contributed by atoms with Gasteiger partial charge in [-0.05, 0) is 37.8 Å². The fourth-order valence-electron chi connectivity index (χ4n) is 2.78. The maximum absolute atomic E-state index is 12.2. The van der Waals surface area contributed by atoms with Gasteiger partial charge in [-0.25, -0.2) is 0 Å². The molecule has 2 heteroatoms. The fraction of sp³-hybridized carbons (Fsp3) is 0.533. The SMILES string of the molecule is Cc1ccc(CC(=O)C2CCCC2CN)cc1. The molecule has 92 valence electrons. The van der Waals surface area contributed by atoms with E-state index in [1.54, 1.807) is 0 Å². The first-order chi connectivity index (χ1) is 8.20. The smallest absolute Gasteiger partial charge is 0.140 e. The quantitative estimate of drug-likeness (QED) is 0.865. The third-order valence-corrected chi connectivity index (χ3v) is 3.87. The van der Waals surface area contributed by atoms with Gasteiger partial charge in [-0.1, -0.05) is 36.2 Å². The number of ketones is 1. The summed E-state index contributed by atoms with van der Waals surface area (Å²) in [6.07, 6.45) is 3.89. The van der Waals surface area contributed by atoms with E-state index < -0.39 is 0 Å². The van der Waals surface area contributed by atoms with Crippen molar-refractivity contribution in [2.24, 2.45) is 17.6 Å². The topological polar surface area (TPSA) is 43.1 Å². The minimum absolute atomic E-state index is 0.210. The van der Waals surface area contributed by atoms with E-state index in [4.69, 9.17) is 5.73 Å². The molecule has 0 aromatic heterocycles. The van der Waals surface area contributed by atoms with E-state index in [0.29, 0.717) is 24.7 Å². The number of carbonyl (C=O) groups is 1. The lowest BCUT2D eigenvalue weighted by atomic mass is 9.89. The molecular weight excluding hydrogens is 210 g/mol. The van der Waals surface area contributed by atoms with Crippen molar-refractivity contribution in [3.05, 3.63) is 35.4 Å². The van der Waals surface area contributed by atoms with E-state index in [9.17, 15) is 4.79 Å². The molecule has 1 aromatic carbocycles. The first kappa shape index (κ1) is 12.3. The number of hydrogen-bond acceptors (Lipinski definition) is 2. The summed E-state index contributed by atoms with van der Waals surface area (Å²) < 4.78 is 0. The van der Waals surface area contributed by atoms with Crippen molar-refractivity contribution < 1.29 is 4.79 Å². The zero-order valence-electron chi connectivity index (χ0n) is 10.5.